The van der Waals surface area contributed by atoms with Gasteiger partial charge < -0.3 is 4.74 Å². The Labute approximate surface area is 183 Å². The second-order valence-corrected chi connectivity index (χ2v) is 9.96. The number of esters is 1. The van der Waals surface area contributed by atoms with E-state index in [0.717, 1.165) is 55.6 Å². The molecule has 1 aromatic carbocycles. The van der Waals surface area contributed by atoms with Gasteiger partial charge in [-0.2, -0.15) is 13.2 Å². The van der Waals surface area contributed by atoms with Crippen molar-refractivity contribution >= 4 is 5.97 Å². The second-order valence-electron chi connectivity index (χ2n) is 9.96. The van der Waals surface area contributed by atoms with E-state index in [0.29, 0.717) is 11.8 Å². The molecule has 0 amide bonds. The van der Waals surface area contributed by atoms with Crippen LogP contribution in [0.2, 0.25) is 0 Å². The number of alkyl halides is 3. The van der Waals surface area contributed by atoms with Gasteiger partial charge in [0.25, 0.3) is 0 Å². The number of hydrogen-bond acceptors (Lipinski definition) is 2. The number of halogens is 3. The Hall–Kier alpha value is -1.78. The molecule has 3 saturated carbocycles. The van der Waals surface area contributed by atoms with Crippen LogP contribution < -0.4 is 4.74 Å². The van der Waals surface area contributed by atoms with E-state index in [2.05, 4.69) is 12.7 Å². The van der Waals surface area contributed by atoms with Crippen molar-refractivity contribution in [2.75, 3.05) is 0 Å². The second kappa shape index (κ2) is 9.38. The van der Waals surface area contributed by atoms with Crippen molar-refractivity contribution in [3.63, 3.8) is 0 Å². The van der Waals surface area contributed by atoms with Crippen LogP contribution in [0.3, 0.4) is 0 Å². The fraction of sp³-hybridized carbons (Fsp3) is 0.654. The summed E-state index contributed by atoms with van der Waals surface area (Å²) in [6.45, 7) is 3.99. The van der Waals surface area contributed by atoms with Crippen molar-refractivity contribution in [3.8, 4) is 5.75 Å². The molecule has 5 heteroatoms. The van der Waals surface area contributed by atoms with Gasteiger partial charge in [0, 0.05) is 0 Å². The summed E-state index contributed by atoms with van der Waals surface area (Å²) in [4.78, 5) is 12.5. The minimum Gasteiger partial charge on any atom is -0.426 e. The topological polar surface area (TPSA) is 26.3 Å². The molecule has 0 bridgehead atoms. The molecule has 0 aromatic heterocycles. The lowest BCUT2D eigenvalue weighted by atomic mass is 9.61. The van der Waals surface area contributed by atoms with Gasteiger partial charge in [0.1, 0.15) is 5.75 Å². The van der Waals surface area contributed by atoms with Crippen molar-refractivity contribution in [2.24, 2.45) is 35.5 Å². The first-order valence-corrected chi connectivity index (χ1v) is 11.8. The Balaban J connectivity index is 1.24. The summed E-state index contributed by atoms with van der Waals surface area (Å²) >= 11 is 0. The first kappa shape index (κ1) is 22.4. The molecule has 4 rings (SSSR count). The number of hydrogen-bond donors (Lipinski definition) is 0. The highest BCUT2D eigenvalue weighted by Crippen LogP contribution is 2.49. The number of benzene rings is 1. The monoisotopic (exact) mass is 434 g/mol. The van der Waals surface area contributed by atoms with E-state index in [1.807, 2.05) is 0 Å². The minimum absolute atomic E-state index is 0.141. The van der Waals surface area contributed by atoms with Gasteiger partial charge in [0.2, 0.25) is 0 Å². The Morgan fingerprint density at radius 2 is 1.39 bits per heavy atom. The molecule has 0 heterocycles. The number of fused-ring (bicyclic) bond motifs is 1. The molecule has 3 aliphatic rings. The maximum Gasteiger partial charge on any atom is 0.416 e. The van der Waals surface area contributed by atoms with E-state index in [9.17, 15) is 18.0 Å². The molecule has 0 aliphatic heterocycles. The van der Waals surface area contributed by atoms with Crippen LogP contribution >= 0.6 is 0 Å². The van der Waals surface area contributed by atoms with Gasteiger partial charge in [0.15, 0.2) is 0 Å². The highest BCUT2D eigenvalue weighted by Gasteiger charge is 2.39. The third-order valence-corrected chi connectivity index (χ3v) is 8.20. The molecule has 0 N–H and O–H groups in total. The van der Waals surface area contributed by atoms with E-state index in [-0.39, 0.29) is 17.6 Å². The molecule has 0 spiro atoms. The lowest BCUT2D eigenvalue weighted by Crippen LogP contribution is -2.35. The number of rotatable bonds is 4. The number of carbonyl (C=O) groups is 1. The first-order valence-electron chi connectivity index (χ1n) is 11.8. The smallest absolute Gasteiger partial charge is 0.416 e. The highest BCUT2D eigenvalue weighted by atomic mass is 19.4. The van der Waals surface area contributed by atoms with Gasteiger partial charge in [-0.05, 0) is 118 Å². The van der Waals surface area contributed by atoms with Gasteiger partial charge >= 0.3 is 12.1 Å². The molecule has 1 aromatic rings. The van der Waals surface area contributed by atoms with Crippen molar-refractivity contribution < 1.29 is 22.7 Å². The van der Waals surface area contributed by atoms with Crippen LogP contribution in [0.15, 0.2) is 36.9 Å². The number of allylic oxidation sites excluding steroid dienone is 1. The van der Waals surface area contributed by atoms with Gasteiger partial charge in [-0.25, -0.2) is 0 Å². The average Bonchev–Trinajstić information content (AvgIpc) is 2.78. The summed E-state index contributed by atoms with van der Waals surface area (Å²) in [6, 6.07) is 4.37. The van der Waals surface area contributed by atoms with Gasteiger partial charge in [-0.3, -0.25) is 4.79 Å². The van der Waals surface area contributed by atoms with Gasteiger partial charge in [-0.1, -0.05) is 6.08 Å². The van der Waals surface area contributed by atoms with Crippen LogP contribution in [0.5, 0.6) is 5.75 Å². The lowest BCUT2D eigenvalue weighted by molar-refractivity contribution is -0.140. The SMILES string of the molecule is C=CC1CCC2CC(C3CCC(C(=O)Oc4ccc(C(F)(F)F)cc4)CC3)CCC2C1. The van der Waals surface area contributed by atoms with Crippen LogP contribution in [0.4, 0.5) is 13.2 Å². The minimum atomic E-state index is -4.38. The summed E-state index contributed by atoms with van der Waals surface area (Å²) in [7, 11) is 0. The summed E-state index contributed by atoms with van der Waals surface area (Å²) in [5.74, 6) is 3.70. The third-order valence-electron chi connectivity index (χ3n) is 8.20. The summed E-state index contributed by atoms with van der Waals surface area (Å²) in [5, 5.41) is 0. The van der Waals surface area contributed by atoms with Crippen LogP contribution in [0.1, 0.15) is 69.8 Å². The van der Waals surface area contributed by atoms with E-state index in [1.54, 1.807) is 0 Å². The Bertz CT molecular complexity index is 762. The average molecular weight is 435 g/mol. The number of ether oxygens (including phenoxy) is 1. The predicted octanol–water partition coefficient (Wildman–Crippen LogP) is 7.44. The standard InChI is InChI=1S/C26H33F3O2/c1-2-17-3-4-22-16-21(10-9-20(22)15-17)18-5-7-19(8-6-18)25(30)31-24-13-11-23(12-14-24)26(27,28)29/h2,11-14,17-22H,1,3-10,15-16H2. The largest absolute Gasteiger partial charge is 0.426 e. The molecular formula is C26H33F3O2. The number of carbonyl (C=O) groups excluding carboxylic acids is 1. The van der Waals surface area contributed by atoms with Crippen molar-refractivity contribution in [2.45, 2.75) is 70.4 Å². The zero-order valence-corrected chi connectivity index (χ0v) is 18.1. The van der Waals surface area contributed by atoms with Gasteiger partial charge in [0.05, 0.1) is 11.5 Å². The third kappa shape index (κ3) is 5.35. The summed E-state index contributed by atoms with van der Waals surface area (Å²) in [6.07, 6.45) is 9.49. The molecule has 3 aliphatic carbocycles. The van der Waals surface area contributed by atoms with Crippen LogP contribution in [0, 0.1) is 35.5 Å². The molecule has 170 valence electrons. The quantitative estimate of drug-likeness (QED) is 0.280. The molecule has 2 nitrogen and oxygen atoms in total. The molecule has 31 heavy (non-hydrogen) atoms. The predicted molar refractivity (Wildman–Crippen MR) is 114 cm³/mol. The zero-order valence-electron chi connectivity index (χ0n) is 18.1. The maximum absolute atomic E-state index is 12.7. The molecular weight excluding hydrogens is 401 g/mol. The van der Waals surface area contributed by atoms with E-state index in [1.165, 1.54) is 50.7 Å². The summed E-state index contributed by atoms with van der Waals surface area (Å²) < 4.78 is 43.4. The molecule has 4 unspecified atom stereocenters. The molecule has 4 atom stereocenters. The lowest BCUT2D eigenvalue weighted by Gasteiger charge is -2.45. The van der Waals surface area contributed by atoms with E-state index >= 15 is 0 Å². The van der Waals surface area contributed by atoms with Crippen molar-refractivity contribution in [1.82, 2.24) is 0 Å². The zero-order chi connectivity index (χ0) is 22.0. The highest BCUT2D eigenvalue weighted by molar-refractivity contribution is 5.75. The first-order chi connectivity index (χ1) is 14.8. The Kier molecular flexibility index (Phi) is 6.78. The molecule has 0 radical (unpaired) electrons. The fourth-order valence-corrected chi connectivity index (χ4v) is 6.34. The van der Waals surface area contributed by atoms with Gasteiger partial charge in [-0.15, -0.1) is 6.58 Å². The van der Waals surface area contributed by atoms with Crippen LogP contribution in [-0.4, -0.2) is 5.97 Å². The van der Waals surface area contributed by atoms with Crippen LogP contribution in [-0.2, 0) is 11.0 Å². The normalized spacial score (nSPS) is 33.9. The van der Waals surface area contributed by atoms with Crippen LogP contribution in [0.25, 0.3) is 0 Å². The fourth-order valence-electron chi connectivity index (χ4n) is 6.34. The molecule has 0 saturated heterocycles. The summed E-state index contributed by atoms with van der Waals surface area (Å²) in [5.41, 5.74) is -0.736. The van der Waals surface area contributed by atoms with Crippen molar-refractivity contribution in [1.29, 1.82) is 0 Å². The Morgan fingerprint density at radius 1 is 0.839 bits per heavy atom. The molecule has 3 fully saturated rings. The van der Waals surface area contributed by atoms with E-state index < -0.39 is 11.7 Å². The van der Waals surface area contributed by atoms with E-state index in [4.69, 9.17) is 4.74 Å². The maximum atomic E-state index is 12.7. The van der Waals surface area contributed by atoms with Crippen molar-refractivity contribution in [3.05, 3.63) is 42.5 Å². The Morgan fingerprint density at radius 3 is 2.00 bits per heavy atom.